The predicted octanol–water partition coefficient (Wildman–Crippen LogP) is 4.37. The molecule has 2 aromatic rings. The average Bonchev–Trinajstić information content (AvgIpc) is 2.41. The Kier molecular flexibility index (Phi) is 5.52. The molecule has 0 radical (unpaired) electrons. The Morgan fingerprint density at radius 2 is 2.05 bits per heavy atom. The van der Waals surface area contributed by atoms with E-state index in [0.29, 0.717) is 5.02 Å². The van der Waals surface area contributed by atoms with Crippen molar-refractivity contribution in [1.82, 2.24) is 15.3 Å². The fraction of sp³-hybridized carbons (Fsp3) is 0.333. The van der Waals surface area contributed by atoms with E-state index in [0.717, 1.165) is 46.8 Å². The van der Waals surface area contributed by atoms with Crippen LogP contribution in [0.25, 0.3) is 11.4 Å². The van der Waals surface area contributed by atoms with Gasteiger partial charge < -0.3 is 5.32 Å². The van der Waals surface area contributed by atoms with E-state index in [4.69, 9.17) is 11.6 Å². The molecule has 0 fully saturated rings. The van der Waals surface area contributed by atoms with Crippen molar-refractivity contribution in [2.24, 2.45) is 0 Å². The summed E-state index contributed by atoms with van der Waals surface area (Å²) in [5.41, 5.74) is 2.93. The molecule has 1 aromatic carbocycles. The maximum atomic E-state index is 6.02. The van der Waals surface area contributed by atoms with Crippen molar-refractivity contribution in [2.75, 3.05) is 6.54 Å². The van der Waals surface area contributed by atoms with Gasteiger partial charge >= 0.3 is 0 Å². The molecule has 106 valence electrons. The van der Waals surface area contributed by atoms with Crippen molar-refractivity contribution >= 4 is 27.5 Å². The smallest absolute Gasteiger partial charge is 0.159 e. The summed E-state index contributed by atoms with van der Waals surface area (Å²) in [6, 6.07) is 7.74. The Morgan fingerprint density at radius 1 is 1.25 bits per heavy atom. The number of nitrogens with one attached hydrogen (secondary N) is 1. The van der Waals surface area contributed by atoms with Gasteiger partial charge in [0.1, 0.15) is 0 Å². The Morgan fingerprint density at radius 3 is 2.75 bits per heavy atom. The molecule has 2 rings (SSSR count). The van der Waals surface area contributed by atoms with Gasteiger partial charge in [-0.3, -0.25) is 0 Å². The van der Waals surface area contributed by atoms with Crippen molar-refractivity contribution in [3.05, 3.63) is 45.1 Å². The van der Waals surface area contributed by atoms with Crippen LogP contribution in [0.2, 0.25) is 5.02 Å². The number of hydrogen-bond acceptors (Lipinski definition) is 3. The highest BCUT2D eigenvalue weighted by atomic mass is 79.9. The minimum absolute atomic E-state index is 0.686. The number of aryl methyl sites for hydroxylation is 1. The lowest BCUT2D eigenvalue weighted by atomic mass is 10.2. The molecule has 0 bridgehead atoms. The first-order valence-electron chi connectivity index (χ1n) is 6.61. The zero-order chi connectivity index (χ0) is 14.5. The molecule has 20 heavy (non-hydrogen) atoms. The lowest BCUT2D eigenvalue weighted by molar-refractivity contribution is 0.662. The van der Waals surface area contributed by atoms with Crippen LogP contribution in [-0.4, -0.2) is 16.5 Å². The zero-order valence-corrected chi connectivity index (χ0v) is 13.9. The second-order valence-electron chi connectivity index (χ2n) is 4.63. The second-order valence-corrected chi connectivity index (χ2v) is 5.89. The number of nitrogens with zero attached hydrogens (tertiary/aromatic N) is 2. The standard InChI is InChI=1S/C15H17BrClN3/c1-3-6-18-9-12-7-10(2)19-15(20-12)11-4-5-14(17)13(16)8-11/h4-5,7-8,18H,3,6,9H2,1-2H3. The van der Waals surface area contributed by atoms with E-state index in [1.165, 1.54) is 0 Å². The summed E-state index contributed by atoms with van der Waals surface area (Å²) in [5, 5.41) is 4.04. The Balaban J connectivity index is 2.28. The quantitative estimate of drug-likeness (QED) is 0.810. The third kappa shape index (κ3) is 4.01. The molecule has 0 aliphatic rings. The molecule has 1 heterocycles. The van der Waals surface area contributed by atoms with Gasteiger partial charge in [-0.1, -0.05) is 18.5 Å². The SMILES string of the molecule is CCCNCc1cc(C)nc(-c2ccc(Cl)c(Br)c2)n1. The van der Waals surface area contributed by atoms with Crippen molar-refractivity contribution in [1.29, 1.82) is 0 Å². The summed E-state index contributed by atoms with van der Waals surface area (Å²) in [5.74, 6) is 0.732. The molecule has 0 amide bonds. The van der Waals surface area contributed by atoms with Crippen molar-refractivity contribution in [3.8, 4) is 11.4 Å². The van der Waals surface area contributed by atoms with Gasteiger partial charge in [0.25, 0.3) is 0 Å². The van der Waals surface area contributed by atoms with E-state index in [1.807, 2.05) is 31.2 Å². The van der Waals surface area contributed by atoms with Gasteiger partial charge in [0, 0.05) is 22.3 Å². The van der Waals surface area contributed by atoms with Crippen LogP contribution in [0.15, 0.2) is 28.7 Å². The van der Waals surface area contributed by atoms with E-state index in [9.17, 15) is 0 Å². The molecule has 1 N–H and O–H groups in total. The van der Waals surface area contributed by atoms with Crippen molar-refractivity contribution < 1.29 is 0 Å². The molecule has 5 heteroatoms. The van der Waals surface area contributed by atoms with Crippen LogP contribution in [0.1, 0.15) is 24.7 Å². The summed E-state index contributed by atoms with van der Waals surface area (Å²) in [4.78, 5) is 9.11. The van der Waals surface area contributed by atoms with Crippen LogP contribution >= 0.6 is 27.5 Å². The monoisotopic (exact) mass is 353 g/mol. The number of aromatic nitrogens is 2. The van der Waals surface area contributed by atoms with Gasteiger partial charge in [-0.05, 0) is 60.1 Å². The largest absolute Gasteiger partial charge is 0.311 e. The Labute approximate surface area is 132 Å². The van der Waals surface area contributed by atoms with Gasteiger partial charge in [-0.15, -0.1) is 0 Å². The van der Waals surface area contributed by atoms with Crippen LogP contribution in [0.4, 0.5) is 0 Å². The van der Waals surface area contributed by atoms with Gasteiger partial charge in [-0.25, -0.2) is 9.97 Å². The summed E-state index contributed by atoms with van der Waals surface area (Å²) in [7, 11) is 0. The van der Waals surface area contributed by atoms with Crippen LogP contribution in [0, 0.1) is 6.92 Å². The molecular weight excluding hydrogens is 338 g/mol. The van der Waals surface area contributed by atoms with Crippen LogP contribution in [-0.2, 0) is 6.54 Å². The highest BCUT2D eigenvalue weighted by Gasteiger charge is 2.07. The van der Waals surface area contributed by atoms with Crippen molar-refractivity contribution in [3.63, 3.8) is 0 Å². The van der Waals surface area contributed by atoms with Crippen LogP contribution < -0.4 is 5.32 Å². The molecule has 0 spiro atoms. The predicted molar refractivity (Wildman–Crippen MR) is 86.9 cm³/mol. The molecule has 0 aliphatic heterocycles. The molecule has 0 atom stereocenters. The molecule has 0 saturated heterocycles. The third-order valence-corrected chi connectivity index (χ3v) is 4.03. The van der Waals surface area contributed by atoms with E-state index >= 15 is 0 Å². The lowest BCUT2D eigenvalue weighted by Gasteiger charge is -2.08. The fourth-order valence-corrected chi connectivity index (χ4v) is 2.38. The topological polar surface area (TPSA) is 37.8 Å². The molecular formula is C15H17BrClN3. The van der Waals surface area contributed by atoms with E-state index in [1.54, 1.807) is 0 Å². The number of hydrogen-bond donors (Lipinski definition) is 1. The Bertz CT molecular complexity index is 602. The zero-order valence-electron chi connectivity index (χ0n) is 11.6. The number of rotatable bonds is 5. The first-order chi connectivity index (χ1) is 9.60. The van der Waals surface area contributed by atoms with Gasteiger partial charge in [0.05, 0.1) is 10.7 Å². The normalized spacial score (nSPS) is 10.8. The molecule has 3 nitrogen and oxygen atoms in total. The van der Waals surface area contributed by atoms with Crippen LogP contribution in [0.3, 0.4) is 0 Å². The minimum Gasteiger partial charge on any atom is -0.311 e. The maximum Gasteiger partial charge on any atom is 0.159 e. The fourth-order valence-electron chi connectivity index (χ4n) is 1.88. The Hall–Kier alpha value is -0.970. The van der Waals surface area contributed by atoms with E-state index in [-0.39, 0.29) is 0 Å². The molecule has 1 aromatic heterocycles. The molecule has 0 saturated carbocycles. The first-order valence-corrected chi connectivity index (χ1v) is 7.78. The lowest BCUT2D eigenvalue weighted by Crippen LogP contribution is -2.15. The second kappa shape index (κ2) is 7.16. The van der Waals surface area contributed by atoms with Gasteiger partial charge in [0.15, 0.2) is 5.82 Å². The summed E-state index contributed by atoms with van der Waals surface area (Å²) < 4.78 is 0.854. The van der Waals surface area contributed by atoms with E-state index < -0.39 is 0 Å². The van der Waals surface area contributed by atoms with Gasteiger partial charge in [0.2, 0.25) is 0 Å². The number of benzene rings is 1. The van der Waals surface area contributed by atoms with Crippen molar-refractivity contribution in [2.45, 2.75) is 26.8 Å². The molecule has 0 aliphatic carbocycles. The van der Waals surface area contributed by atoms with Crippen LogP contribution in [0.5, 0.6) is 0 Å². The summed E-state index contributed by atoms with van der Waals surface area (Å²) in [6.07, 6.45) is 1.11. The average molecular weight is 355 g/mol. The summed E-state index contributed by atoms with van der Waals surface area (Å²) in [6.45, 7) is 5.89. The third-order valence-electron chi connectivity index (χ3n) is 2.82. The van der Waals surface area contributed by atoms with Gasteiger partial charge in [-0.2, -0.15) is 0 Å². The maximum absolute atomic E-state index is 6.02. The number of halogens is 2. The first kappa shape index (κ1) is 15.4. The minimum atomic E-state index is 0.686. The highest BCUT2D eigenvalue weighted by Crippen LogP contribution is 2.27. The molecule has 0 unspecified atom stereocenters. The van der Waals surface area contributed by atoms with E-state index in [2.05, 4.69) is 38.1 Å². The summed E-state index contributed by atoms with van der Waals surface area (Å²) >= 11 is 9.45. The highest BCUT2D eigenvalue weighted by molar-refractivity contribution is 9.10.